The smallest absolute Gasteiger partial charge is 0.310 e. The first-order valence-corrected chi connectivity index (χ1v) is 16.1. The second-order valence-electron chi connectivity index (χ2n) is 11.8. The van der Waals surface area contributed by atoms with E-state index in [0.29, 0.717) is 6.42 Å². The van der Waals surface area contributed by atoms with Crippen molar-refractivity contribution in [1.82, 2.24) is 14.8 Å². The summed E-state index contributed by atoms with van der Waals surface area (Å²) in [7, 11) is 0. The summed E-state index contributed by atoms with van der Waals surface area (Å²) in [6.45, 7) is 5.59. The van der Waals surface area contributed by atoms with Crippen molar-refractivity contribution in [2.75, 3.05) is 0 Å². The number of rotatable bonds is 10. The molecule has 48 heavy (non-hydrogen) atoms. The van der Waals surface area contributed by atoms with Crippen LogP contribution in [0.4, 0.5) is 0 Å². The molecule has 0 bridgehead atoms. The minimum Gasteiger partial charge on any atom is -0.481 e. The highest BCUT2D eigenvalue weighted by Gasteiger charge is 2.40. The van der Waals surface area contributed by atoms with Crippen molar-refractivity contribution in [3.05, 3.63) is 185 Å². The maximum atomic E-state index is 11.4. The maximum absolute atomic E-state index is 11.4. The highest BCUT2D eigenvalue weighted by atomic mass is 16.4. The maximum Gasteiger partial charge on any atom is 0.310 e. The van der Waals surface area contributed by atoms with Gasteiger partial charge in [0.15, 0.2) is 0 Å². The van der Waals surface area contributed by atoms with Crippen molar-refractivity contribution in [3.63, 3.8) is 0 Å². The molecule has 1 aliphatic heterocycles. The molecule has 3 heterocycles. The molecule has 0 spiro atoms. The molecule has 6 heteroatoms. The van der Waals surface area contributed by atoms with Gasteiger partial charge in [-0.15, -0.1) is 0 Å². The van der Waals surface area contributed by atoms with Gasteiger partial charge in [-0.2, -0.15) is 5.10 Å². The van der Waals surface area contributed by atoms with E-state index < -0.39 is 17.4 Å². The molecule has 0 saturated heterocycles. The summed E-state index contributed by atoms with van der Waals surface area (Å²) < 4.78 is 2.09. The fourth-order valence-corrected chi connectivity index (χ4v) is 6.17. The second kappa shape index (κ2) is 14.3. The number of hydrogen-bond acceptors (Lipinski definition) is 4. The zero-order valence-corrected chi connectivity index (χ0v) is 27.4. The average molecular weight is 631 g/mol. The van der Waals surface area contributed by atoms with Crippen molar-refractivity contribution >= 4 is 17.3 Å². The summed E-state index contributed by atoms with van der Waals surface area (Å²) in [5.74, 6) is -1.46. The third-order valence-corrected chi connectivity index (χ3v) is 8.67. The third kappa shape index (κ3) is 6.38. The SMILES string of the molecule is C/C=C(\C=C/C(C)C(=O)O)C1=NC=CC(c2cn(C(c3ccccc3)(c3ccccc3)c3ccccc3)nc2-c2cccc(C)n2)=CC1. The van der Waals surface area contributed by atoms with Gasteiger partial charge in [0.25, 0.3) is 0 Å². The van der Waals surface area contributed by atoms with Crippen LogP contribution in [0, 0.1) is 12.8 Å². The zero-order valence-electron chi connectivity index (χ0n) is 27.4. The first-order chi connectivity index (χ1) is 23.4. The van der Waals surface area contributed by atoms with Crippen molar-refractivity contribution in [2.45, 2.75) is 32.7 Å². The molecule has 1 N–H and O–H groups in total. The largest absolute Gasteiger partial charge is 0.481 e. The normalized spacial score (nSPS) is 14.4. The minimum absolute atomic E-state index is 0.556. The van der Waals surface area contributed by atoms with E-state index in [1.807, 2.05) is 74.7 Å². The third-order valence-electron chi connectivity index (χ3n) is 8.67. The van der Waals surface area contributed by atoms with E-state index in [1.54, 1.807) is 13.0 Å². The van der Waals surface area contributed by atoms with E-state index in [2.05, 4.69) is 89.8 Å². The van der Waals surface area contributed by atoms with E-state index >= 15 is 0 Å². The first-order valence-electron chi connectivity index (χ1n) is 16.1. The summed E-state index contributed by atoms with van der Waals surface area (Å²) >= 11 is 0. The molecule has 5 aromatic rings. The van der Waals surface area contributed by atoms with E-state index in [4.69, 9.17) is 15.1 Å². The van der Waals surface area contributed by atoms with Crippen LogP contribution in [0.2, 0.25) is 0 Å². The molecule has 6 nitrogen and oxygen atoms in total. The van der Waals surface area contributed by atoms with Gasteiger partial charge in [0.2, 0.25) is 0 Å². The number of pyridine rings is 1. The van der Waals surface area contributed by atoms with Crippen LogP contribution in [0.1, 0.15) is 48.2 Å². The Balaban J connectivity index is 1.55. The monoisotopic (exact) mass is 630 g/mol. The average Bonchev–Trinajstić information content (AvgIpc) is 3.42. The summed E-state index contributed by atoms with van der Waals surface area (Å²) in [6.07, 6.45) is 14.2. The molecular weight excluding hydrogens is 592 g/mol. The quantitative estimate of drug-likeness (QED) is 0.123. The number of aliphatic carboxylic acids is 1. The Labute approximate surface area is 281 Å². The summed E-state index contributed by atoms with van der Waals surface area (Å²) in [5, 5.41) is 14.8. The summed E-state index contributed by atoms with van der Waals surface area (Å²) in [4.78, 5) is 21.1. The van der Waals surface area contributed by atoms with Crippen LogP contribution in [0.3, 0.4) is 0 Å². The molecule has 2 aromatic heterocycles. The molecule has 3 aromatic carbocycles. The van der Waals surface area contributed by atoms with E-state index in [1.165, 1.54) is 0 Å². The number of aliphatic imine (C=N–C) groups is 1. The fraction of sp³-hybridized carbons (Fsp3) is 0.143. The second-order valence-corrected chi connectivity index (χ2v) is 11.8. The Morgan fingerprint density at radius 1 is 0.875 bits per heavy atom. The van der Waals surface area contributed by atoms with Gasteiger partial charge in [-0.05, 0) is 66.8 Å². The molecule has 0 radical (unpaired) electrons. The van der Waals surface area contributed by atoms with Crippen LogP contribution in [0.5, 0.6) is 0 Å². The predicted octanol–water partition coefficient (Wildman–Crippen LogP) is 9.06. The van der Waals surface area contributed by atoms with Gasteiger partial charge in [0.1, 0.15) is 11.2 Å². The number of nitrogens with zero attached hydrogens (tertiary/aromatic N) is 4. The number of aryl methyl sites for hydroxylation is 1. The highest BCUT2D eigenvalue weighted by Crippen LogP contribution is 2.42. The Morgan fingerprint density at radius 2 is 1.48 bits per heavy atom. The van der Waals surface area contributed by atoms with Gasteiger partial charge < -0.3 is 5.11 Å². The number of carboxylic acid groups (broad SMARTS) is 1. The van der Waals surface area contributed by atoms with Gasteiger partial charge in [-0.1, -0.05) is 121 Å². The molecule has 0 fully saturated rings. The fourth-order valence-electron chi connectivity index (χ4n) is 6.17. The predicted molar refractivity (Wildman–Crippen MR) is 194 cm³/mol. The van der Waals surface area contributed by atoms with E-state index in [-0.39, 0.29) is 0 Å². The Kier molecular flexibility index (Phi) is 9.53. The summed E-state index contributed by atoms with van der Waals surface area (Å²) in [5.41, 5.74) is 8.56. The van der Waals surface area contributed by atoms with Crippen LogP contribution in [0.25, 0.3) is 17.0 Å². The van der Waals surface area contributed by atoms with Crippen molar-refractivity contribution in [3.8, 4) is 11.4 Å². The molecular formula is C42H38N4O2. The Bertz CT molecular complexity index is 1960. The molecule has 1 aliphatic rings. The first kappa shape index (κ1) is 32.1. The zero-order chi connectivity index (χ0) is 33.5. The number of aromatic nitrogens is 3. The molecule has 1 atom stereocenters. The lowest BCUT2D eigenvalue weighted by Gasteiger charge is -2.36. The Morgan fingerprint density at radius 3 is 2.02 bits per heavy atom. The number of carboxylic acids is 1. The lowest BCUT2D eigenvalue weighted by molar-refractivity contribution is -0.139. The standard InChI is InChI=1S/C42H38N4O2/c1-4-32(24-23-30(2)41(47)48)38-26-25-33(27-28-43-38)37-29-46(45-40(37)39-22-14-15-31(3)44-39)42(34-16-8-5-9-17-34,35-18-10-6-11-19-35)36-20-12-7-13-21-36/h4-25,27-30H,26H2,1-3H3,(H,47,48)/b24-23-,32-4+. The van der Waals surface area contributed by atoms with Gasteiger partial charge in [0.05, 0.1) is 17.3 Å². The number of carbonyl (C=O) groups is 1. The van der Waals surface area contributed by atoms with Crippen molar-refractivity contribution in [1.29, 1.82) is 0 Å². The van der Waals surface area contributed by atoms with Crippen LogP contribution in [-0.2, 0) is 10.3 Å². The molecule has 6 rings (SSSR count). The van der Waals surface area contributed by atoms with Gasteiger partial charge in [-0.25, -0.2) is 0 Å². The molecule has 238 valence electrons. The van der Waals surface area contributed by atoms with Gasteiger partial charge >= 0.3 is 5.97 Å². The number of hydrogen-bond donors (Lipinski definition) is 1. The minimum atomic E-state index is -0.863. The van der Waals surface area contributed by atoms with E-state index in [9.17, 15) is 9.90 Å². The molecule has 0 aliphatic carbocycles. The van der Waals surface area contributed by atoms with Crippen molar-refractivity contribution < 1.29 is 9.90 Å². The lowest BCUT2D eigenvalue weighted by Crippen LogP contribution is -2.38. The van der Waals surface area contributed by atoms with Gasteiger partial charge in [0, 0.05) is 30.1 Å². The summed E-state index contributed by atoms with van der Waals surface area (Å²) in [6, 6.07) is 37.5. The van der Waals surface area contributed by atoms with Crippen LogP contribution < -0.4 is 0 Å². The lowest BCUT2D eigenvalue weighted by atomic mass is 9.77. The van der Waals surface area contributed by atoms with Crippen LogP contribution in [-0.4, -0.2) is 31.6 Å². The van der Waals surface area contributed by atoms with E-state index in [0.717, 1.165) is 56.2 Å². The molecule has 0 saturated carbocycles. The number of benzene rings is 3. The highest BCUT2D eigenvalue weighted by molar-refractivity contribution is 6.05. The molecule has 1 unspecified atom stereocenters. The van der Waals surface area contributed by atoms with Crippen molar-refractivity contribution in [2.24, 2.45) is 10.9 Å². The Hall–Kier alpha value is -5.88. The topological polar surface area (TPSA) is 80.4 Å². The van der Waals surface area contributed by atoms with Crippen LogP contribution >= 0.6 is 0 Å². The molecule has 0 amide bonds. The number of allylic oxidation sites excluding steroid dienone is 6. The van der Waals surface area contributed by atoms with Gasteiger partial charge in [-0.3, -0.25) is 19.5 Å². The van der Waals surface area contributed by atoms with Crippen LogP contribution in [0.15, 0.2) is 163 Å².